The second kappa shape index (κ2) is 9.42. The van der Waals surface area contributed by atoms with Gasteiger partial charge in [0.2, 0.25) is 0 Å². The molecule has 0 radical (unpaired) electrons. The van der Waals surface area contributed by atoms with Gasteiger partial charge in [0.05, 0.1) is 0 Å². The van der Waals surface area contributed by atoms with Crippen molar-refractivity contribution in [2.45, 2.75) is 0 Å². The fraction of sp³-hybridized carbons (Fsp3) is 0. The molecule has 0 atom stereocenters. The largest absolute Gasteiger partial charge is 0.455 e. The van der Waals surface area contributed by atoms with Crippen LogP contribution in [0.1, 0.15) is 0 Å². The molecule has 0 aliphatic carbocycles. The number of para-hydroxylation sites is 3. The van der Waals surface area contributed by atoms with Crippen molar-refractivity contribution in [3.63, 3.8) is 0 Å². The maximum atomic E-state index is 6.30. The zero-order valence-corrected chi connectivity index (χ0v) is 20.8. The van der Waals surface area contributed by atoms with Crippen molar-refractivity contribution < 1.29 is 4.42 Å². The van der Waals surface area contributed by atoms with E-state index in [1.807, 2.05) is 12.1 Å². The Bertz CT molecular complexity index is 1850. The fourth-order valence-corrected chi connectivity index (χ4v) is 5.24. The number of hydrogen-bond acceptors (Lipinski definition) is 2. The average Bonchev–Trinajstić information content (AvgIpc) is 3.38. The predicted molar refractivity (Wildman–Crippen MR) is 159 cm³/mol. The number of fused-ring (bicyclic) bond motifs is 3. The Balaban J connectivity index is 1.32. The van der Waals surface area contributed by atoms with Crippen molar-refractivity contribution in [3.05, 3.63) is 152 Å². The number of benzene rings is 6. The first-order chi connectivity index (χ1) is 18.8. The molecule has 0 fully saturated rings. The summed E-state index contributed by atoms with van der Waals surface area (Å²) in [5.74, 6) is 0. The van der Waals surface area contributed by atoms with Crippen molar-refractivity contribution in [2.75, 3.05) is 4.90 Å². The van der Waals surface area contributed by atoms with E-state index < -0.39 is 0 Å². The minimum absolute atomic E-state index is 0.917. The standard InChI is InChI=1S/C36H25NO/c1-3-11-26(12-4-1)28-13-9-16-31(25-28)37(29-14-5-2-6-15-29)30-23-21-27(22-24-30)32-18-10-19-34-33-17-7-8-20-35(33)38-36(32)34/h1-25H. The van der Waals surface area contributed by atoms with E-state index in [1.54, 1.807) is 0 Å². The van der Waals surface area contributed by atoms with Gasteiger partial charge >= 0.3 is 0 Å². The smallest absolute Gasteiger partial charge is 0.143 e. The lowest BCUT2D eigenvalue weighted by Crippen LogP contribution is -2.09. The number of rotatable bonds is 5. The molecule has 1 heterocycles. The lowest BCUT2D eigenvalue weighted by molar-refractivity contribution is 0.670. The Kier molecular flexibility index (Phi) is 5.49. The first-order valence-corrected chi connectivity index (χ1v) is 12.9. The van der Waals surface area contributed by atoms with E-state index in [9.17, 15) is 0 Å². The minimum atomic E-state index is 0.917. The molecule has 0 aliphatic heterocycles. The topological polar surface area (TPSA) is 16.4 Å². The average molecular weight is 488 g/mol. The monoisotopic (exact) mass is 487 g/mol. The molecule has 6 aromatic carbocycles. The molecule has 0 N–H and O–H groups in total. The summed E-state index contributed by atoms with van der Waals surface area (Å²) in [5.41, 5.74) is 9.80. The summed E-state index contributed by atoms with van der Waals surface area (Å²) in [4.78, 5) is 2.30. The Morgan fingerprint density at radius 1 is 0.395 bits per heavy atom. The van der Waals surface area contributed by atoms with Crippen LogP contribution in [0.25, 0.3) is 44.2 Å². The normalized spacial score (nSPS) is 11.2. The molecule has 0 bridgehead atoms. The quantitative estimate of drug-likeness (QED) is 0.240. The third-order valence-corrected chi connectivity index (χ3v) is 7.07. The van der Waals surface area contributed by atoms with Gasteiger partial charge in [0, 0.05) is 33.4 Å². The predicted octanol–water partition coefficient (Wildman–Crippen LogP) is 10.4. The van der Waals surface area contributed by atoms with Gasteiger partial charge in [-0.1, -0.05) is 109 Å². The van der Waals surface area contributed by atoms with Crippen molar-refractivity contribution in [3.8, 4) is 22.3 Å². The Morgan fingerprint density at radius 2 is 1.00 bits per heavy atom. The van der Waals surface area contributed by atoms with Crippen LogP contribution in [0.4, 0.5) is 17.1 Å². The van der Waals surface area contributed by atoms with E-state index in [-0.39, 0.29) is 0 Å². The van der Waals surface area contributed by atoms with E-state index in [0.717, 1.165) is 50.1 Å². The molecule has 0 aliphatic rings. The second-order valence-electron chi connectivity index (χ2n) is 9.41. The third-order valence-electron chi connectivity index (χ3n) is 7.07. The van der Waals surface area contributed by atoms with Crippen LogP contribution in [-0.4, -0.2) is 0 Å². The summed E-state index contributed by atoms with van der Waals surface area (Å²) >= 11 is 0. The summed E-state index contributed by atoms with van der Waals surface area (Å²) in [6, 6.07) is 53.1. The highest BCUT2D eigenvalue weighted by Crippen LogP contribution is 2.39. The highest BCUT2D eigenvalue weighted by atomic mass is 16.3. The summed E-state index contributed by atoms with van der Waals surface area (Å²) in [6.45, 7) is 0. The van der Waals surface area contributed by atoms with Crippen molar-refractivity contribution >= 4 is 39.0 Å². The van der Waals surface area contributed by atoms with Gasteiger partial charge in [-0.25, -0.2) is 0 Å². The summed E-state index contributed by atoms with van der Waals surface area (Å²) in [5, 5.41) is 2.29. The molecular weight excluding hydrogens is 462 g/mol. The van der Waals surface area contributed by atoms with Gasteiger partial charge in [-0.05, 0) is 59.2 Å². The number of anilines is 3. The second-order valence-corrected chi connectivity index (χ2v) is 9.41. The molecule has 2 heteroatoms. The van der Waals surface area contributed by atoms with Crippen molar-refractivity contribution in [1.29, 1.82) is 0 Å². The van der Waals surface area contributed by atoms with Gasteiger partial charge in [0.1, 0.15) is 11.2 Å². The fourth-order valence-electron chi connectivity index (χ4n) is 5.24. The molecular formula is C36H25NO. The Labute approximate surface area is 222 Å². The van der Waals surface area contributed by atoms with Gasteiger partial charge in [-0.2, -0.15) is 0 Å². The molecule has 38 heavy (non-hydrogen) atoms. The van der Waals surface area contributed by atoms with Crippen LogP contribution < -0.4 is 4.90 Å². The minimum Gasteiger partial charge on any atom is -0.455 e. The maximum absolute atomic E-state index is 6.30. The van der Waals surface area contributed by atoms with E-state index in [0.29, 0.717) is 0 Å². The summed E-state index contributed by atoms with van der Waals surface area (Å²) < 4.78 is 6.30. The molecule has 180 valence electrons. The maximum Gasteiger partial charge on any atom is 0.143 e. The molecule has 1 aromatic heterocycles. The van der Waals surface area contributed by atoms with Crippen LogP contribution in [0, 0.1) is 0 Å². The van der Waals surface area contributed by atoms with Gasteiger partial charge < -0.3 is 9.32 Å². The van der Waals surface area contributed by atoms with Crippen LogP contribution >= 0.6 is 0 Å². The molecule has 7 rings (SSSR count). The van der Waals surface area contributed by atoms with E-state index >= 15 is 0 Å². The highest BCUT2D eigenvalue weighted by molar-refractivity contribution is 6.09. The van der Waals surface area contributed by atoms with Crippen LogP contribution in [-0.2, 0) is 0 Å². The first-order valence-electron chi connectivity index (χ1n) is 12.9. The van der Waals surface area contributed by atoms with Crippen LogP contribution in [0.2, 0.25) is 0 Å². The molecule has 0 amide bonds. The Hall–Kier alpha value is -5.08. The summed E-state index contributed by atoms with van der Waals surface area (Å²) in [6.07, 6.45) is 0. The SMILES string of the molecule is c1ccc(-c2cccc(N(c3ccccc3)c3ccc(-c4cccc5c4oc4ccccc45)cc3)c2)cc1. The van der Waals surface area contributed by atoms with E-state index in [4.69, 9.17) is 4.42 Å². The van der Waals surface area contributed by atoms with Crippen LogP contribution in [0.5, 0.6) is 0 Å². The van der Waals surface area contributed by atoms with Crippen LogP contribution in [0.3, 0.4) is 0 Å². The van der Waals surface area contributed by atoms with Crippen molar-refractivity contribution in [2.24, 2.45) is 0 Å². The first kappa shape index (κ1) is 22.1. The zero-order chi connectivity index (χ0) is 25.3. The molecule has 0 saturated carbocycles. The Morgan fingerprint density at radius 3 is 1.82 bits per heavy atom. The highest BCUT2D eigenvalue weighted by Gasteiger charge is 2.15. The van der Waals surface area contributed by atoms with Crippen molar-refractivity contribution in [1.82, 2.24) is 0 Å². The number of nitrogens with zero attached hydrogens (tertiary/aromatic N) is 1. The molecule has 0 unspecified atom stereocenters. The van der Waals surface area contributed by atoms with Gasteiger partial charge in [-0.3, -0.25) is 0 Å². The molecule has 2 nitrogen and oxygen atoms in total. The molecule has 0 saturated heterocycles. The van der Waals surface area contributed by atoms with E-state index in [1.165, 1.54) is 11.1 Å². The van der Waals surface area contributed by atoms with E-state index in [2.05, 4.69) is 144 Å². The van der Waals surface area contributed by atoms with Gasteiger partial charge in [0.15, 0.2) is 0 Å². The van der Waals surface area contributed by atoms with Gasteiger partial charge in [-0.15, -0.1) is 0 Å². The lowest BCUT2D eigenvalue weighted by atomic mass is 10.0. The number of furan rings is 1. The number of hydrogen-bond donors (Lipinski definition) is 0. The molecule has 7 aromatic rings. The van der Waals surface area contributed by atoms with Crippen LogP contribution in [0.15, 0.2) is 156 Å². The zero-order valence-electron chi connectivity index (χ0n) is 20.8. The summed E-state index contributed by atoms with van der Waals surface area (Å²) in [7, 11) is 0. The lowest BCUT2D eigenvalue weighted by Gasteiger charge is -2.26. The molecule has 0 spiro atoms. The third kappa shape index (κ3) is 3.93. The van der Waals surface area contributed by atoms with Gasteiger partial charge in [0.25, 0.3) is 0 Å².